The third-order valence-corrected chi connectivity index (χ3v) is 3.22. The minimum atomic E-state index is -4.67. The Labute approximate surface area is 102 Å². The highest BCUT2D eigenvalue weighted by molar-refractivity contribution is 5.35. The molecule has 0 spiro atoms. The summed E-state index contributed by atoms with van der Waals surface area (Å²) >= 11 is 0. The third-order valence-electron chi connectivity index (χ3n) is 3.22. The van der Waals surface area contributed by atoms with E-state index in [1.54, 1.807) is 0 Å². The van der Waals surface area contributed by atoms with Crippen molar-refractivity contribution in [3.8, 4) is 0 Å². The standard InChI is InChI=1S/C12H13F4NO/c13-8-1-2-9(10(7-8)12(14,15)16)11(18)3-5-17-6-4-11/h1-2,7,17-18H,3-6H2. The maximum Gasteiger partial charge on any atom is 0.416 e. The average molecular weight is 263 g/mol. The van der Waals surface area contributed by atoms with E-state index in [4.69, 9.17) is 0 Å². The highest BCUT2D eigenvalue weighted by Gasteiger charge is 2.41. The van der Waals surface area contributed by atoms with Crippen LogP contribution in [0.15, 0.2) is 18.2 Å². The Hall–Kier alpha value is -1.14. The van der Waals surface area contributed by atoms with Gasteiger partial charge in [-0.05, 0) is 43.6 Å². The largest absolute Gasteiger partial charge is 0.416 e. The second kappa shape index (κ2) is 4.51. The SMILES string of the molecule is OC1(c2ccc(F)cc2C(F)(F)F)CCNCC1. The molecule has 100 valence electrons. The molecule has 0 unspecified atom stereocenters. The van der Waals surface area contributed by atoms with Gasteiger partial charge in [-0.1, -0.05) is 6.07 Å². The number of hydrogen-bond acceptors (Lipinski definition) is 2. The van der Waals surface area contributed by atoms with E-state index in [9.17, 15) is 22.7 Å². The fourth-order valence-corrected chi connectivity index (χ4v) is 2.27. The van der Waals surface area contributed by atoms with E-state index in [-0.39, 0.29) is 18.4 Å². The summed E-state index contributed by atoms with van der Waals surface area (Å²) in [7, 11) is 0. The lowest BCUT2D eigenvalue weighted by Gasteiger charge is -2.34. The maximum absolute atomic E-state index is 13.0. The summed E-state index contributed by atoms with van der Waals surface area (Å²) in [5.74, 6) is -0.955. The second-order valence-corrected chi connectivity index (χ2v) is 4.47. The molecule has 2 rings (SSSR count). The van der Waals surface area contributed by atoms with Crippen molar-refractivity contribution in [3.05, 3.63) is 35.1 Å². The van der Waals surface area contributed by atoms with Crippen molar-refractivity contribution in [2.45, 2.75) is 24.6 Å². The molecule has 1 heterocycles. The smallest absolute Gasteiger partial charge is 0.385 e. The van der Waals surface area contributed by atoms with Crippen LogP contribution in [0.1, 0.15) is 24.0 Å². The van der Waals surface area contributed by atoms with Crippen LogP contribution in [-0.2, 0) is 11.8 Å². The molecule has 1 fully saturated rings. The van der Waals surface area contributed by atoms with Gasteiger partial charge in [0.05, 0.1) is 11.2 Å². The van der Waals surface area contributed by atoms with Crippen LogP contribution < -0.4 is 5.32 Å². The summed E-state index contributed by atoms with van der Waals surface area (Å²) in [5, 5.41) is 13.3. The van der Waals surface area contributed by atoms with Gasteiger partial charge in [0.15, 0.2) is 0 Å². The van der Waals surface area contributed by atoms with Gasteiger partial charge < -0.3 is 10.4 Å². The molecule has 0 bridgehead atoms. The normalized spacial score (nSPS) is 19.8. The first-order valence-electron chi connectivity index (χ1n) is 5.63. The van der Waals surface area contributed by atoms with Crippen LogP contribution in [0.3, 0.4) is 0 Å². The summed E-state index contributed by atoms with van der Waals surface area (Å²) in [5.41, 5.74) is -2.87. The number of halogens is 4. The van der Waals surface area contributed by atoms with E-state index < -0.39 is 23.2 Å². The van der Waals surface area contributed by atoms with Crippen LogP contribution in [0.25, 0.3) is 0 Å². The zero-order valence-corrected chi connectivity index (χ0v) is 9.52. The second-order valence-electron chi connectivity index (χ2n) is 4.47. The summed E-state index contributed by atoms with van der Waals surface area (Å²) in [6.07, 6.45) is -4.30. The van der Waals surface area contributed by atoms with Gasteiger partial charge in [0.1, 0.15) is 5.82 Å². The third kappa shape index (κ3) is 2.49. The lowest BCUT2D eigenvalue weighted by molar-refractivity contribution is -0.141. The number of alkyl halides is 3. The first-order chi connectivity index (χ1) is 8.33. The van der Waals surface area contributed by atoms with Gasteiger partial charge in [-0.2, -0.15) is 13.2 Å². The first kappa shape index (κ1) is 13.3. The number of piperidine rings is 1. The van der Waals surface area contributed by atoms with Gasteiger partial charge in [0, 0.05) is 0 Å². The summed E-state index contributed by atoms with van der Waals surface area (Å²) in [4.78, 5) is 0. The van der Waals surface area contributed by atoms with Crippen molar-refractivity contribution < 1.29 is 22.7 Å². The fraction of sp³-hybridized carbons (Fsp3) is 0.500. The number of benzene rings is 1. The molecule has 0 aliphatic carbocycles. The van der Waals surface area contributed by atoms with Crippen LogP contribution in [0.4, 0.5) is 17.6 Å². The van der Waals surface area contributed by atoms with E-state index in [0.29, 0.717) is 19.2 Å². The molecule has 1 aliphatic rings. The molecule has 0 atom stereocenters. The number of rotatable bonds is 1. The van der Waals surface area contributed by atoms with Gasteiger partial charge in [-0.25, -0.2) is 4.39 Å². The molecule has 0 saturated carbocycles. The monoisotopic (exact) mass is 263 g/mol. The van der Waals surface area contributed by atoms with Gasteiger partial charge in [-0.3, -0.25) is 0 Å². The Morgan fingerprint density at radius 2 is 1.78 bits per heavy atom. The number of hydrogen-bond donors (Lipinski definition) is 2. The van der Waals surface area contributed by atoms with Gasteiger partial charge in [0.2, 0.25) is 0 Å². The molecule has 0 radical (unpaired) electrons. The van der Waals surface area contributed by atoms with Crippen LogP contribution >= 0.6 is 0 Å². The Morgan fingerprint density at radius 3 is 2.33 bits per heavy atom. The average Bonchev–Trinajstić information content (AvgIpc) is 2.28. The van der Waals surface area contributed by atoms with E-state index in [1.165, 1.54) is 0 Å². The zero-order valence-electron chi connectivity index (χ0n) is 9.52. The lowest BCUT2D eigenvalue weighted by atomic mass is 9.82. The van der Waals surface area contributed by atoms with Crippen molar-refractivity contribution in [2.75, 3.05) is 13.1 Å². The van der Waals surface area contributed by atoms with E-state index in [0.717, 1.165) is 12.1 Å². The fourth-order valence-electron chi connectivity index (χ4n) is 2.27. The number of nitrogens with one attached hydrogen (secondary N) is 1. The predicted octanol–water partition coefficient (Wildman–Crippen LogP) is 2.42. The van der Waals surface area contributed by atoms with E-state index in [2.05, 4.69) is 5.32 Å². The predicted molar refractivity (Wildman–Crippen MR) is 57.4 cm³/mol. The lowest BCUT2D eigenvalue weighted by Crippen LogP contribution is -2.40. The molecule has 1 saturated heterocycles. The van der Waals surface area contributed by atoms with Crippen molar-refractivity contribution in [2.24, 2.45) is 0 Å². The van der Waals surface area contributed by atoms with Crippen LogP contribution in [0.5, 0.6) is 0 Å². The van der Waals surface area contributed by atoms with E-state index in [1.807, 2.05) is 0 Å². The molecule has 1 aromatic carbocycles. The Bertz CT molecular complexity index is 438. The summed E-state index contributed by atoms with van der Waals surface area (Å²) < 4.78 is 51.6. The minimum Gasteiger partial charge on any atom is -0.385 e. The number of aliphatic hydroxyl groups is 1. The minimum absolute atomic E-state index is 0.182. The summed E-state index contributed by atoms with van der Waals surface area (Å²) in [6, 6.07) is 2.42. The Kier molecular flexibility index (Phi) is 3.33. The molecule has 1 aliphatic heterocycles. The van der Waals surface area contributed by atoms with Crippen molar-refractivity contribution in [3.63, 3.8) is 0 Å². The summed E-state index contributed by atoms with van der Waals surface area (Å²) in [6.45, 7) is 0.871. The Balaban J connectivity index is 2.49. The molecule has 2 nitrogen and oxygen atoms in total. The van der Waals surface area contributed by atoms with Crippen LogP contribution in [-0.4, -0.2) is 18.2 Å². The van der Waals surface area contributed by atoms with Crippen molar-refractivity contribution >= 4 is 0 Å². The Morgan fingerprint density at radius 1 is 1.17 bits per heavy atom. The highest BCUT2D eigenvalue weighted by atomic mass is 19.4. The first-order valence-corrected chi connectivity index (χ1v) is 5.63. The maximum atomic E-state index is 13.0. The molecule has 0 aromatic heterocycles. The van der Waals surface area contributed by atoms with Crippen LogP contribution in [0, 0.1) is 5.82 Å². The molecule has 2 N–H and O–H groups in total. The molecule has 6 heteroatoms. The van der Waals surface area contributed by atoms with Crippen molar-refractivity contribution in [1.82, 2.24) is 5.32 Å². The quantitative estimate of drug-likeness (QED) is 0.763. The topological polar surface area (TPSA) is 32.3 Å². The van der Waals surface area contributed by atoms with Crippen molar-refractivity contribution in [1.29, 1.82) is 0 Å². The van der Waals surface area contributed by atoms with Gasteiger partial charge in [0.25, 0.3) is 0 Å². The highest BCUT2D eigenvalue weighted by Crippen LogP contribution is 2.40. The molecule has 18 heavy (non-hydrogen) atoms. The van der Waals surface area contributed by atoms with E-state index >= 15 is 0 Å². The molecular formula is C12H13F4NO. The van der Waals surface area contributed by atoms with Crippen LogP contribution in [0.2, 0.25) is 0 Å². The van der Waals surface area contributed by atoms with Gasteiger partial charge >= 0.3 is 6.18 Å². The molecular weight excluding hydrogens is 250 g/mol. The van der Waals surface area contributed by atoms with Gasteiger partial charge in [-0.15, -0.1) is 0 Å². The molecule has 1 aromatic rings. The molecule has 0 amide bonds. The zero-order chi connectivity index (χ0) is 13.4.